The smallest absolute Gasteiger partial charge is 0.303 e. The van der Waals surface area contributed by atoms with Crippen LogP contribution in [0.3, 0.4) is 0 Å². The van der Waals surface area contributed by atoms with E-state index in [1.54, 1.807) is 7.11 Å². The molecule has 1 N–H and O–H groups in total. The summed E-state index contributed by atoms with van der Waals surface area (Å²) in [6.07, 6.45) is 6.90. The normalized spacial score (nSPS) is 14.7. The standard InChI is InChI=1S/C23H28O4/c1-26-21-15-18(12-13-22(24)25)14-20(19-10-6-3-7-11-19)23(21)27-16-17-8-4-2-5-9-17/h3,6-7,10-11,14-15,17H,2,4-5,8-9,12-13,16H2,1H3,(H,24,25). The van der Waals surface area contributed by atoms with Crippen LogP contribution in [0.25, 0.3) is 11.1 Å². The molecular weight excluding hydrogens is 340 g/mol. The molecular formula is C23H28O4. The molecule has 0 saturated heterocycles. The zero-order chi connectivity index (χ0) is 19.1. The van der Waals surface area contributed by atoms with Gasteiger partial charge in [0.15, 0.2) is 11.5 Å². The van der Waals surface area contributed by atoms with E-state index < -0.39 is 5.97 Å². The third-order valence-corrected chi connectivity index (χ3v) is 5.24. The molecule has 2 aromatic rings. The van der Waals surface area contributed by atoms with Crippen LogP contribution < -0.4 is 9.47 Å². The van der Waals surface area contributed by atoms with E-state index in [0.717, 1.165) is 22.4 Å². The van der Waals surface area contributed by atoms with Gasteiger partial charge >= 0.3 is 5.97 Å². The molecule has 0 heterocycles. The lowest BCUT2D eigenvalue weighted by atomic mass is 9.90. The number of carbonyl (C=O) groups is 1. The van der Waals surface area contributed by atoms with Crippen molar-refractivity contribution < 1.29 is 19.4 Å². The quantitative estimate of drug-likeness (QED) is 0.683. The summed E-state index contributed by atoms with van der Waals surface area (Å²) in [7, 11) is 1.64. The summed E-state index contributed by atoms with van der Waals surface area (Å²) in [6.45, 7) is 0.699. The van der Waals surface area contributed by atoms with E-state index in [4.69, 9.17) is 14.6 Å². The minimum absolute atomic E-state index is 0.0969. The number of hydrogen-bond acceptors (Lipinski definition) is 3. The van der Waals surface area contributed by atoms with Gasteiger partial charge in [0.2, 0.25) is 0 Å². The number of aliphatic carboxylic acids is 1. The van der Waals surface area contributed by atoms with Gasteiger partial charge in [-0.2, -0.15) is 0 Å². The Balaban J connectivity index is 1.91. The number of rotatable bonds is 8. The first kappa shape index (κ1) is 19.3. The first-order valence-corrected chi connectivity index (χ1v) is 9.78. The van der Waals surface area contributed by atoms with Crippen molar-refractivity contribution in [3.05, 3.63) is 48.0 Å². The topological polar surface area (TPSA) is 55.8 Å². The van der Waals surface area contributed by atoms with E-state index in [-0.39, 0.29) is 6.42 Å². The highest BCUT2D eigenvalue weighted by Gasteiger charge is 2.19. The summed E-state index contributed by atoms with van der Waals surface area (Å²) >= 11 is 0. The highest BCUT2D eigenvalue weighted by Crippen LogP contribution is 2.40. The number of carboxylic acid groups (broad SMARTS) is 1. The summed E-state index contributed by atoms with van der Waals surface area (Å²) in [5.41, 5.74) is 2.95. The van der Waals surface area contributed by atoms with Crippen molar-refractivity contribution >= 4 is 5.97 Å². The molecule has 0 amide bonds. The number of benzene rings is 2. The van der Waals surface area contributed by atoms with Crippen LogP contribution in [0.15, 0.2) is 42.5 Å². The molecule has 4 heteroatoms. The van der Waals surface area contributed by atoms with Crippen molar-refractivity contribution in [2.75, 3.05) is 13.7 Å². The molecule has 1 aliphatic carbocycles. The molecule has 0 bridgehead atoms. The number of aryl methyl sites for hydroxylation is 1. The number of hydrogen-bond donors (Lipinski definition) is 1. The Hall–Kier alpha value is -2.49. The van der Waals surface area contributed by atoms with Crippen molar-refractivity contribution in [1.82, 2.24) is 0 Å². The van der Waals surface area contributed by atoms with Gasteiger partial charge in [0.25, 0.3) is 0 Å². The van der Waals surface area contributed by atoms with E-state index in [2.05, 4.69) is 0 Å². The first-order chi connectivity index (χ1) is 13.2. The Labute approximate surface area is 161 Å². The van der Waals surface area contributed by atoms with Crippen LogP contribution in [0.2, 0.25) is 0 Å². The predicted octanol–water partition coefficient (Wildman–Crippen LogP) is 5.34. The Morgan fingerprint density at radius 2 is 1.85 bits per heavy atom. The van der Waals surface area contributed by atoms with E-state index in [1.807, 2.05) is 42.5 Å². The largest absolute Gasteiger partial charge is 0.493 e. The average molecular weight is 368 g/mol. The Kier molecular flexibility index (Phi) is 6.74. The van der Waals surface area contributed by atoms with Gasteiger partial charge in [-0.15, -0.1) is 0 Å². The van der Waals surface area contributed by atoms with Crippen LogP contribution in [0.1, 0.15) is 44.1 Å². The molecule has 2 aromatic carbocycles. The molecule has 4 nitrogen and oxygen atoms in total. The second-order valence-corrected chi connectivity index (χ2v) is 7.25. The molecule has 1 fully saturated rings. The summed E-state index contributed by atoms with van der Waals surface area (Å²) in [4.78, 5) is 11.0. The molecule has 0 atom stereocenters. The molecule has 0 aliphatic heterocycles. The molecule has 1 aliphatic rings. The maximum absolute atomic E-state index is 11.0. The van der Waals surface area contributed by atoms with Gasteiger partial charge in [0, 0.05) is 12.0 Å². The van der Waals surface area contributed by atoms with Gasteiger partial charge in [-0.3, -0.25) is 4.79 Å². The van der Waals surface area contributed by atoms with Crippen LogP contribution in [0.5, 0.6) is 11.5 Å². The van der Waals surface area contributed by atoms with Crippen LogP contribution >= 0.6 is 0 Å². The van der Waals surface area contributed by atoms with Crippen molar-refractivity contribution in [3.63, 3.8) is 0 Å². The van der Waals surface area contributed by atoms with E-state index >= 15 is 0 Å². The molecule has 0 spiro atoms. The lowest BCUT2D eigenvalue weighted by Crippen LogP contribution is -2.16. The van der Waals surface area contributed by atoms with Crippen molar-refractivity contribution in [2.24, 2.45) is 5.92 Å². The minimum atomic E-state index is -0.798. The van der Waals surface area contributed by atoms with Crippen LogP contribution in [0.4, 0.5) is 0 Å². The van der Waals surface area contributed by atoms with Gasteiger partial charge in [-0.1, -0.05) is 49.6 Å². The Morgan fingerprint density at radius 1 is 1.11 bits per heavy atom. The monoisotopic (exact) mass is 368 g/mol. The van der Waals surface area contributed by atoms with E-state index in [0.29, 0.717) is 24.7 Å². The molecule has 3 rings (SSSR count). The average Bonchev–Trinajstić information content (AvgIpc) is 2.71. The second-order valence-electron chi connectivity index (χ2n) is 7.25. The van der Waals surface area contributed by atoms with Crippen LogP contribution in [-0.4, -0.2) is 24.8 Å². The third-order valence-electron chi connectivity index (χ3n) is 5.24. The van der Waals surface area contributed by atoms with Gasteiger partial charge in [0.1, 0.15) is 0 Å². The van der Waals surface area contributed by atoms with E-state index in [1.165, 1.54) is 32.1 Å². The first-order valence-electron chi connectivity index (χ1n) is 9.78. The molecule has 0 aromatic heterocycles. The highest BCUT2D eigenvalue weighted by molar-refractivity contribution is 5.75. The fourth-order valence-corrected chi connectivity index (χ4v) is 3.74. The van der Waals surface area contributed by atoms with Crippen molar-refractivity contribution in [3.8, 4) is 22.6 Å². The SMILES string of the molecule is COc1cc(CCC(=O)O)cc(-c2ccccc2)c1OCC1CCCCC1. The summed E-state index contributed by atoms with van der Waals surface area (Å²) in [5.74, 6) is 1.23. The summed E-state index contributed by atoms with van der Waals surface area (Å²) in [6, 6.07) is 14.0. The van der Waals surface area contributed by atoms with Crippen molar-refractivity contribution in [1.29, 1.82) is 0 Å². The van der Waals surface area contributed by atoms with Gasteiger partial charge in [-0.05, 0) is 48.4 Å². The maximum atomic E-state index is 11.0. The Bertz CT molecular complexity index is 748. The van der Waals surface area contributed by atoms with Gasteiger partial charge < -0.3 is 14.6 Å². The van der Waals surface area contributed by atoms with Crippen molar-refractivity contribution in [2.45, 2.75) is 44.9 Å². The molecule has 27 heavy (non-hydrogen) atoms. The maximum Gasteiger partial charge on any atom is 0.303 e. The highest BCUT2D eigenvalue weighted by atomic mass is 16.5. The minimum Gasteiger partial charge on any atom is -0.493 e. The fourth-order valence-electron chi connectivity index (χ4n) is 3.74. The lowest BCUT2D eigenvalue weighted by molar-refractivity contribution is -0.136. The number of methoxy groups -OCH3 is 1. The second kappa shape index (κ2) is 9.45. The van der Waals surface area contributed by atoms with E-state index in [9.17, 15) is 4.79 Å². The summed E-state index contributed by atoms with van der Waals surface area (Å²) in [5, 5.41) is 9.01. The molecule has 0 unspecified atom stereocenters. The molecule has 1 saturated carbocycles. The van der Waals surface area contributed by atoms with Crippen LogP contribution in [0, 0.1) is 5.92 Å². The number of ether oxygens (including phenoxy) is 2. The van der Waals surface area contributed by atoms with Crippen LogP contribution in [-0.2, 0) is 11.2 Å². The molecule has 144 valence electrons. The molecule has 0 radical (unpaired) electrons. The van der Waals surface area contributed by atoms with Gasteiger partial charge in [-0.25, -0.2) is 0 Å². The Morgan fingerprint density at radius 3 is 2.52 bits per heavy atom. The zero-order valence-corrected chi connectivity index (χ0v) is 15.9. The third kappa shape index (κ3) is 5.25. The van der Waals surface area contributed by atoms with Gasteiger partial charge in [0.05, 0.1) is 13.7 Å². The zero-order valence-electron chi connectivity index (χ0n) is 15.9. The lowest BCUT2D eigenvalue weighted by Gasteiger charge is -2.24. The predicted molar refractivity (Wildman–Crippen MR) is 106 cm³/mol. The summed E-state index contributed by atoms with van der Waals surface area (Å²) < 4.78 is 11.9. The number of carboxylic acids is 1. The fraction of sp³-hybridized carbons (Fsp3) is 0.435.